The number of nitrogens with zero attached hydrogens (tertiary/aromatic N) is 2. The second kappa shape index (κ2) is 7.73. The number of phenols is 1. The third kappa shape index (κ3) is 3.98. The SMILES string of the molecule is COc1c(O)ccc(/C=N\NC(=O)c2cccc(I)c2)c1[N+](=O)[O-]. The molecule has 0 atom stereocenters. The maximum atomic E-state index is 12.0. The number of nitrogens with one attached hydrogen (secondary N) is 1. The second-order valence-electron chi connectivity index (χ2n) is 4.52. The van der Waals surface area contributed by atoms with Crippen LogP contribution < -0.4 is 10.2 Å². The van der Waals surface area contributed by atoms with Crippen molar-refractivity contribution >= 4 is 40.4 Å². The lowest BCUT2D eigenvalue weighted by Gasteiger charge is -2.06. The number of aromatic hydroxyl groups is 1. The van der Waals surface area contributed by atoms with Crippen LogP contribution in [-0.2, 0) is 0 Å². The van der Waals surface area contributed by atoms with Crippen LogP contribution in [0.15, 0.2) is 41.5 Å². The van der Waals surface area contributed by atoms with Crippen LogP contribution in [0.3, 0.4) is 0 Å². The van der Waals surface area contributed by atoms with Crippen LogP contribution >= 0.6 is 22.6 Å². The highest BCUT2D eigenvalue weighted by Gasteiger charge is 2.23. The lowest BCUT2D eigenvalue weighted by molar-refractivity contribution is -0.386. The molecule has 9 heteroatoms. The zero-order valence-corrected chi connectivity index (χ0v) is 14.6. The highest BCUT2D eigenvalue weighted by molar-refractivity contribution is 14.1. The summed E-state index contributed by atoms with van der Waals surface area (Å²) in [7, 11) is 1.21. The van der Waals surface area contributed by atoms with Crippen molar-refractivity contribution in [2.45, 2.75) is 0 Å². The molecule has 2 rings (SSSR count). The van der Waals surface area contributed by atoms with Crippen LogP contribution in [0.25, 0.3) is 0 Å². The van der Waals surface area contributed by atoms with E-state index in [1.54, 1.807) is 18.2 Å². The zero-order chi connectivity index (χ0) is 17.7. The number of methoxy groups -OCH3 is 1. The van der Waals surface area contributed by atoms with Crippen molar-refractivity contribution in [1.82, 2.24) is 5.43 Å². The fourth-order valence-electron chi connectivity index (χ4n) is 1.92. The number of carbonyl (C=O) groups excluding carboxylic acids is 1. The van der Waals surface area contributed by atoms with Gasteiger partial charge in [0.1, 0.15) is 0 Å². The number of hydrazone groups is 1. The Morgan fingerprint density at radius 2 is 2.17 bits per heavy atom. The van der Waals surface area contributed by atoms with E-state index in [0.29, 0.717) is 5.56 Å². The van der Waals surface area contributed by atoms with Crippen LogP contribution in [-0.4, -0.2) is 29.3 Å². The summed E-state index contributed by atoms with van der Waals surface area (Å²) in [6.07, 6.45) is 1.12. The monoisotopic (exact) mass is 441 g/mol. The van der Waals surface area contributed by atoms with Gasteiger partial charge in [-0.3, -0.25) is 14.9 Å². The standard InChI is InChI=1S/C15H12IN3O5/c1-24-14-12(20)6-5-10(13(14)19(22)23)8-17-18-15(21)9-3-2-4-11(16)7-9/h2-8,20H,1H3,(H,18,21)/b17-8-. The number of hydrogen-bond acceptors (Lipinski definition) is 6. The van der Waals surface area contributed by atoms with Crippen molar-refractivity contribution in [3.63, 3.8) is 0 Å². The Labute approximate surface area is 150 Å². The summed E-state index contributed by atoms with van der Waals surface area (Å²) in [5, 5.41) is 24.5. The van der Waals surface area contributed by atoms with Gasteiger partial charge in [-0.1, -0.05) is 6.07 Å². The lowest BCUT2D eigenvalue weighted by Crippen LogP contribution is -2.17. The third-order valence-electron chi connectivity index (χ3n) is 2.99. The van der Waals surface area contributed by atoms with Crippen LogP contribution in [0.2, 0.25) is 0 Å². The number of nitro benzene ring substituents is 1. The Morgan fingerprint density at radius 1 is 1.42 bits per heavy atom. The van der Waals surface area contributed by atoms with Crippen LogP contribution in [0.5, 0.6) is 11.5 Å². The van der Waals surface area contributed by atoms with Gasteiger partial charge in [-0.15, -0.1) is 0 Å². The van der Waals surface area contributed by atoms with E-state index in [1.807, 2.05) is 6.07 Å². The number of phenolic OH excluding ortho intramolecular Hbond substituents is 1. The third-order valence-corrected chi connectivity index (χ3v) is 3.66. The molecule has 0 aliphatic carbocycles. The summed E-state index contributed by atoms with van der Waals surface area (Å²) < 4.78 is 5.74. The summed E-state index contributed by atoms with van der Waals surface area (Å²) in [4.78, 5) is 22.4. The largest absolute Gasteiger partial charge is 0.504 e. The first kappa shape index (κ1) is 17.7. The molecule has 0 spiro atoms. The molecule has 8 nitrogen and oxygen atoms in total. The summed E-state index contributed by atoms with van der Waals surface area (Å²) in [5.74, 6) is -1.07. The number of amides is 1. The van der Waals surface area contributed by atoms with Gasteiger partial charge in [-0.2, -0.15) is 5.10 Å². The van der Waals surface area contributed by atoms with Crippen molar-refractivity contribution in [1.29, 1.82) is 0 Å². The van der Waals surface area contributed by atoms with E-state index in [9.17, 15) is 20.0 Å². The van der Waals surface area contributed by atoms with Crippen molar-refractivity contribution < 1.29 is 19.6 Å². The first-order valence-corrected chi connectivity index (χ1v) is 7.65. The molecule has 1 amide bonds. The van der Waals surface area contributed by atoms with Crippen molar-refractivity contribution in [3.8, 4) is 11.5 Å². The molecule has 2 aromatic carbocycles. The Hall–Kier alpha value is -2.69. The molecule has 2 N–H and O–H groups in total. The molecule has 2 aromatic rings. The van der Waals surface area contributed by atoms with Gasteiger partial charge in [-0.05, 0) is 52.9 Å². The fraction of sp³-hybridized carbons (Fsp3) is 0.0667. The number of carbonyl (C=O) groups is 1. The maximum Gasteiger partial charge on any atom is 0.323 e. The Kier molecular flexibility index (Phi) is 5.68. The topological polar surface area (TPSA) is 114 Å². The van der Waals surface area contributed by atoms with E-state index >= 15 is 0 Å². The first-order chi connectivity index (χ1) is 11.4. The van der Waals surface area contributed by atoms with Gasteiger partial charge in [0, 0.05) is 9.13 Å². The molecule has 0 aliphatic heterocycles. The van der Waals surface area contributed by atoms with Gasteiger partial charge in [0.2, 0.25) is 5.75 Å². The molecular weight excluding hydrogens is 429 g/mol. The first-order valence-electron chi connectivity index (χ1n) is 6.57. The van der Waals surface area contributed by atoms with E-state index in [2.05, 4.69) is 33.1 Å². The molecule has 0 radical (unpaired) electrons. The summed E-state index contributed by atoms with van der Waals surface area (Å²) >= 11 is 2.08. The van der Waals surface area contributed by atoms with Gasteiger partial charge in [0.15, 0.2) is 5.75 Å². The zero-order valence-electron chi connectivity index (χ0n) is 12.4. The minimum Gasteiger partial charge on any atom is -0.504 e. The minimum absolute atomic E-state index is 0.0811. The number of rotatable bonds is 5. The number of halogens is 1. The summed E-state index contributed by atoms with van der Waals surface area (Å²) in [5.41, 5.74) is 2.35. The molecule has 0 bridgehead atoms. The van der Waals surface area contributed by atoms with Crippen LogP contribution in [0.1, 0.15) is 15.9 Å². The molecule has 0 saturated carbocycles. The van der Waals surface area contributed by atoms with Crippen LogP contribution in [0, 0.1) is 13.7 Å². The van der Waals surface area contributed by atoms with E-state index in [4.69, 9.17) is 4.74 Å². The van der Waals surface area contributed by atoms with Crippen molar-refractivity contribution in [3.05, 3.63) is 61.2 Å². The Balaban J connectivity index is 2.23. The average Bonchev–Trinajstić information content (AvgIpc) is 2.55. The smallest absolute Gasteiger partial charge is 0.323 e. The molecule has 124 valence electrons. The number of benzene rings is 2. The Morgan fingerprint density at radius 3 is 2.79 bits per heavy atom. The summed E-state index contributed by atoms with van der Waals surface area (Å²) in [6, 6.07) is 9.42. The van der Waals surface area contributed by atoms with Crippen molar-refractivity contribution in [2.75, 3.05) is 7.11 Å². The number of ether oxygens (including phenoxy) is 1. The molecule has 0 fully saturated rings. The van der Waals surface area contributed by atoms with Gasteiger partial charge in [0.25, 0.3) is 5.91 Å². The molecule has 0 unspecified atom stereocenters. The van der Waals surface area contributed by atoms with E-state index in [0.717, 1.165) is 9.78 Å². The van der Waals surface area contributed by atoms with Crippen molar-refractivity contribution in [2.24, 2.45) is 5.10 Å². The normalized spacial score (nSPS) is 10.6. The average molecular weight is 441 g/mol. The highest BCUT2D eigenvalue weighted by atomic mass is 127. The minimum atomic E-state index is -0.693. The fourth-order valence-corrected chi connectivity index (χ4v) is 2.47. The predicted octanol–water partition coefficient (Wildman–Crippen LogP) is 2.68. The number of nitro groups is 1. The van der Waals surface area contributed by atoms with Crippen LogP contribution in [0.4, 0.5) is 5.69 Å². The van der Waals surface area contributed by atoms with E-state index < -0.39 is 16.5 Å². The Bertz CT molecular complexity index is 823. The highest BCUT2D eigenvalue weighted by Crippen LogP contribution is 2.37. The maximum absolute atomic E-state index is 12.0. The molecule has 0 heterocycles. The van der Waals surface area contributed by atoms with Gasteiger partial charge < -0.3 is 9.84 Å². The van der Waals surface area contributed by atoms with Gasteiger partial charge in [0.05, 0.1) is 23.8 Å². The number of hydrogen-bond donors (Lipinski definition) is 2. The lowest BCUT2D eigenvalue weighted by atomic mass is 10.1. The van der Waals surface area contributed by atoms with E-state index in [1.165, 1.54) is 19.2 Å². The molecule has 0 aliphatic rings. The quantitative estimate of drug-likeness (QED) is 0.321. The molecule has 24 heavy (non-hydrogen) atoms. The predicted molar refractivity (Wildman–Crippen MR) is 95.5 cm³/mol. The van der Waals surface area contributed by atoms with Gasteiger partial charge in [-0.25, -0.2) is 5.43 Å². The second-order valence-corrected chi connectivity index (χ2v) is 5.77. The van der Waals surface area contributed by atoms with Gasteiger partial charge >= 0.3 is 5.69 Å². The summed E-state index contributed by atoms with van der Waals surface area (Å²) in [6.45, 7) is 0. The van der Waals surface area contributed by atoms with E-state index in [-0.39, 0.29) is 17.1 Å². The molecule has 0 saturated heterocycles. The molecular formula is C15H12IN3O5. The molecule has 0 aromatic heterocycles.